The van der Waals surface area contributed by atoms with E-state index in [1.165, 1.54) is 6.33 Å². The first-order valence-electron chi connectivity index (χ1n) is 4.90. The number of β-amino-alcohol motifs (C(OH)–C–C–N with tert-alkyl or cyclic N) is 1. The van der Waals surface area contributed by atoms with Crippen LogP contribution < -0.4 is 5.32 Å². The molecule has 1 aliphatic rings. The minimum atomic E-state index is -0.283. The Kier molecular flexibility index (Phi) is 1.90. The van der Waals surface area contributed by atoms with Crippen molar-refractivity contribution in [3.05, 3.63) is 18.3 Å². The van der Waals surface area contributed by atoms with Crippen molar-refractivity contribution in [2.24, 2.45) is 0 Å². The molecule has 0 saturated carbocycles. The second kappa shape index (κ2) is 3.25. The van der Waals surface area contributed by atoms with E-state index in [4.69, 9.17) is 0 Å². The first-order chi connectivity index (χ1) is 7.33. The van der Waals surface area contributed by atoms with Gasteiger partial charge in [0.05, 0.1) is 18.3 Å². The molecule has 2 aromatic heterocycles. The maximum Gasteiger partial charge on any atom is 0.180 e. The maximum absolute atomic E-state index is 9.40. The third-order valence-electron chi connectivity index (χ3n) is 2.62. The Bertz CT molecular complexity index is 449. The van der Waals surface area contributed by atoms with Gasteiger partial charge >= 0.3 is 0 Å². The third-order valence-corrected chi connectivity index (χ3v) is 2.62. The Morgan fingerprint density at radius 3 is 3.13 bits per heavy atom. The van der Waals surface area contributed by atoms with Crippen LogP contribution in [0.15, 0.2) is 12.5 Å². The second-order valence-corrected chi connectivity index (χ2v) is 3.73. The summed E-state index contributed by atoms with van der Waals surface area (Å²) in [5, 5.41) is 12.6. The van der Waals surface area contributed by atoms with Crippen molar-refractivity contribution >= 4 is 11.2 Å². The van der Waals surface area contributed by atoms with Gasteiger partial charge in [-0.15, -0.1) is 0 Å². The highest BCUT2D eigenvalue weighted by Gasteiger charge is 2.25. The van der Waals surface area contributed by atoms with Crippen LogP contribution in [0.25, 0.3) is 11.2 Å². The van der Waals surface area contributed by atoms with Gasteiger partial charge in [-0.05, 0) is 6.42 Å². The number of hydrogen-bond donors (Lipinski definition) is 3. The number of rotatable bonds is 1. The molecule has 0 aromatic carbocycles. The number of imidazole rings is 1. The van der Waals surface area contributed by atoms with E-state index in [9.17, 15) is 5.11 Å². The van der Waals surface area contributed by atoms with Crippen LogP contribution in [0.3, 0.4) is 0 Å². The topological polar surface area (TPSA) is 86.7 Å². The van der Waals surface area contributed by atoms with Gasteiger partial charge < -0.3 is 15.4 Å². The van der Waals surface area contributed by atoms with Crippen molar-refractivity contribution in [3.63, 3.8) is 0 Å². The average Bonchev–Trinajstić information content (AvgIpc) is 2.82. The van der Waals surface area contributed by atoms with Gasteiger partial charge in [-0.1, -0.05) is 0 Å². The van der Waals surface area contributed by atoms with E-state index < -0.39 is 0 Å². The van der Waals surface area contributed by atoms with Gasteiger partial charge in [0.15, 0.2) is 5.65 Å². The molecule has 6 heteroatoms. The largest absolute Gasteiger partial charge is 0.392 e. The molecule has 2 aromatic rings. The standard InChI is InChI=1S/C9H11N5O/c15-5-1-6(11-2-5)9-13-7-3-10-4-12-8(7)14-9/h3-6,11,15H,1-2H2,(H,10,12,13,14)/t5-,6-/m1/s1. The van der Waals surface area contributed by atoms with Gasteiger partial charge in [-0.25, -0.2) is 15.0 Å². The number of fused-ring (bicyclic) bond motifs is 1. The van der Waals surface area contributed by atoms with Gasteiger partial charge in [0.2, 0.25) is 0 Å². The highest BCUT2D eigenvalue weighted by atomic mass is 16.3. The molecular weight excluding hydrogens is 194 g/mol. The van der Waals surface area contributed by atoms with Crippen molar-refractivity contribution in [2.75, 3.05) is 6.54 Å². The zero-order valence-corrected chi connectivity index (χ0v) is 8.01. The van der Waals surface area contributed by atoms with Crippen molar-refractivity contribution in [1.29, 1.82) is 0 Å². The lowest BCUT2D eigenvalue weighted by Gasteiger charge is -2.04. The van der Waals surface area contributed by atoms with Crippen LogP contribution in [0, 0.1) is 0 Å². The summed E-state index contributed by atoms with van der Waals surface area (Å²) in [6, 6.07) is 0.0919. The predicted octanol–water partition coefficient (Wildman–Crippen LogP) is -0.252. The molecule has 1 fully saturated rings. The lowest BCUT2D eigenvalue weighted by Crippen LogP contribution is -2.15. The van der Waals surface area contributed by atoms with E-state index in [0.717, 1.165) is 11.3 Å². The summed E-state index contributed by atoms with van der Waals surface area (Å²) in [6.45, 7) is 0.618. The normalized spacial score (nSPS) is 26.2. The van der Waals surface area contributed by atoms with E-state index in [1.807, 2.05) is 0 Å². The number of hydrogen-bond acceptors (Lipinski definition) is 5. The number of H-pyrrole nitrogens is 1. The van der Waals surface area contributed by atoms with Crippen LogP contribution in [-0.2, 0) is 0 Å². The molecule has 3 N–H and O–H groups in total. The summed E-state index contributed by atoms with van der Waals surface area (Å²) in [4.78, 5) is 15.5. The SMILES string of the molecule is O[C@H]1CN[C@@H](c2nc3ncncc3[nH]2)C1. The Balaban J connectivity index is 1.98. The Labute approximate surface area is 85.8 Å². The van der Waals surface area contributed by atoms with Crippen LogP contribution in [0.1, 0.15) is 18.3 Å². The number of aromatic amines is 1. The molecule has 0 amide bonds. The molecule has 6 nitrogen and oxygen atoms in total. The van der Waals surface area contributed by atoms with Crippen LogP contribution in [-0.4, -0.2) is 37.7 Å². The van der Waals surface area contributed by atoms with Crippen LogP contribution >= 0.6 is 0 Å². The molecule has 2 atom stereocenters. The molecule has 1 aliphatic heterocycles. The van der Waals surface area contributed by atoms with Crippen molar-refractivity contribution < 1.29 is 5.11 Å². The maximum atomic E-state index is 9.40. The number of aliphatic hydroxyl groups excluding tert-OH is 1. The van der Waals surface area contributed by atoms with E-state index >= 15 is 0 Å². The van der Waals surface area contributed by atoms with Crippen molar-refractivity contribution in [1.82, 2.24) is 25.3 Å². The lowest BCUT2D eigenvalue weighted by atomic mass is 10.2. The highest BCUT2D eigenvalue weighted by molar-refractivity contribution is 5.68. The van der Waals surface area contributed by atoms with Crippen LogP contribution in [0.4, 0.5) is 0 Å². The average molecular weight is 205 g/mol. The van der Waals surface area contributed by atoms with Crippen LogP contribution in [0.5, 0.6) is 0 Å². The fourth-order valence-corrected chi connectivity index (χ4v) is 1.87. The summed E-state index contributed by atoms with van der Waals surface area (Å²) in [6.07, 6.45) is 3.58. The summed E-state index contributed by atoms with van der Waals surface area (Å²) in [7, 11) is 0. The van der Waals surface area contributed by atoms with Gasteiger partial charge in [-0.3, -0.25) is 0 Å². The molecule has 3 rings (SSSR count). The summed E-state index contributed by atoms with van der Waals surface area (Å²) >= 11 is 0. The Hall–Kier alpha value is -1.53. The molecule has 0 bridgehead atoms. The van der Waals surface area contributed by atoms with Gasteiger partial charge in [0.25, 0.3) is 0 Å². The molecule has 0 radical (unpaired) electrons. The fourth-order valence-electron chi connectivity index (χ4n) is 1.87. The van der Waals surface area contributed by atoms with Crippen LogP contribution in [0.2, 0.25) is 0 Å². The summed E-state index contributed by atoms with van der Waals surface area (Å²) in [5.41, 5.74) is 1.50. The quantitative estimate of drug-likeness (QED) is 0.597. The lowest BCUT2D eigenvalue weighted by molar-refractivity contribution is 0.193. The van der Waals surface area contributed by atoms with E-state index in [-0.39, 0.29) is 12.1 Å². The predicted molar refractivity (Wildman–Crippen MR) is 53.1 cm³/mol. The Morgan fingerprint density at radius 2 is 2.40 bits per heavy atom. The van der Waals surface area contributed by atoms with Gasteiger partial charge in [0.1, 0.15) is 17.7 Å². The molecule has 78 valence electrons. The number of aromatic nitrogens is 4. The molecule has 3 heterocycles. The van der Waals surface area contributed by atoms with Gasteiger partial charge in [-0.2, -0.15) is 0 Å². The van der Waals surface area contributed by atoms with E-state index in [0.29, 0.717) is 18.6 Å². The van der Waals surface area contributed by atoms with Gasteiger partial charge in [0, 0.05) is 6.54 Å². The summed E-state index contributed by atoms with van der Waals surface area (Å²) in [5.74, 6) is 0.821. The molecule has 1 saturated heterocycles. The number of aliphatic hydroxyl groups is 1. The van der Waals surface area contributed by atoms with E-state index in [1.54, 1.807) is 6.20 Å². The fraction of sp³-hybridized carbons (Fsp3) is 0.444. The van der Waals surface area contributed by atoms with Crippen molar-refractivity contribution in [3.8, 4) is 0 Å². The molecule has 0 spiro atoms. The zero-order chi connectivity index (χ0) is 10.3. The monoisotopic (exact) mass is 205 g/mol. The molecule has 0 unspecified atom stereocenters. The third kappa shape index (κ3) is 1.47. The number of nitrogens with one attached hydrogen (secondary N) is 2. The summed E-state index contributed by atoms with van der Waals surface area (Å²) < 4.78 is 0. The molecule has 15 heavy (non-hydrogen) atoms. The van der Waals surface area contributed by atoms with Crippen molar-refractivity contribution in [2.45, 2.75) is 18.6 Å². The van der Waals surface area contributed by atoms with E-state index in [2.05, 4.69) is 25.3 Å². The minimum Gasteiger partial charge on any atom is -0.392 e. The zero-order valence-electron chi connectivity index (χ0n) is 8.01. The minimum absolute atomic E-state index is 0.0919. The first kappa shape index (κ1) is 8.75. The second-order valence-electron chi connectivity index (χ2n) is 3.73. The Morgan fingerprint density at radius 1 is 1.47 bits per heavy atom. The smallest absolute Gasteiger partial charge is 0.180 e. The molecule has 0 aliphatic carbocycles. The first-order valence-corrected chi connectivity index (χ1v) is 4.90. The molecular formula is C9H11N5O. The highest BCUT2D eigenvalue weighted by Crippen LogP contribution is 2.22. The number of nitrogens with zero attached hydrogens (tertiary/aromatic N) is 3.